The summed E-state index contributed by atoms with van der Waals surface area (Å²) in [6.45, 7) is 0. The molecule has 0 radical (unpaired) electrons. The van der Waals surface area contributed by atoms with Crippen LogP contribution in [-0.2, 0) is 4.79 Å². The fourth-order valence-electron chi connectivity index (χ4n) is 3.15. The smallest absolute Gasteiger partial charge is 0.336 e. The maximum atomic E-state index is 12.6. The van der Waals surface area contributed by atoms with Crippen molar-refractivity contribution in [3.05, 3.63) is 99.6 Å². The highest BCUT2D eigenvalue weighted by atomic mass is 16.6. The van der Waals surface area contributed by atoms with Crippen LogP contribution in [0, 0.1) is 10.1 Å². The van der Waals surface area contributed by atoms with Gasteiger partial charge in [0, 0.05) is 11.6 Å². The number of benzene rings is 3. The van der Waals surface area contributed by atoms with Gasteiger partial charge in [0.25, 0.3) is 5.69 Å². The first-order chi connectivity index (χ1) is 17.3. The number of ether oxygens (including phenoxy) is 4. The van der Waals surface area contributed by atoms with E-state index in [2.05, 4.69) is 0 Å². The molecule has 0 aliphatic carbocycles. The summed E-state index contributed by atoms with van der Waals surface area (Å²) in [6, 6.07) is 15.8. The molecule has 9 nitrogen and oxygen atoms in total. The van der Waals surface area contributed by atoms with Crippen LogP contribution in [0.1, 0.15) is 21.5 Å². The SMILES string of the molecule is COc1ccc(/C=C/C(=O)Oc2ccc(C(=O)/C=C/c3cc(OC)c(OC)cc3[N+](=O)[O-])cc2)cc1. The molecule has 36 heavy (non-hydrogen) atoms. The molecule has 0 aromatic heterocycles. The molecule has 0 spiro atoms. The number of esters is 1. The zero-order valence-electron chi connectivity index (χ0n) is 19.8. The van der Waals surface area contributed by atoms with Gasteiger partial charge in [-0.2, -0.15) is 0 Å². The highest BCUT2D eigenvalue weighted by Crippen LogP contribution is 2.35. The number of nitrogens with zero attached hydrogens (tertiary/aromatic N) is 1. The van der Waals surface area contributed by atoms with Crippen molar-refractivity contribution in [1.29, 1.82) is 0 Å². The van der Waals surface area contributed by atoms with E-state index < -0.39 is 16.7 Å². The topological polar surface area (TPSA) is 114 Å². The minimum Gasteiger partial charge on any atom is -0.497 e. The molecular weight excluding hydrogens is 466 g/mol. The number of allylic oxidation sites excluding steroid dienone is 1. The van der Waals surface area contributed by atoms with E-state index in [0.717, 1.165) is 5.56 Å². The Labute approximate surface area is 207 Å². The summed E-state index contributed by atoms with van der Waals surface area (Å²) < 4.78 is 20.6. The lowest BCUT2D eigenvalue weighted by Crippen LogP contribution is -2.04. The van der Waals surface area contributed by atoms with Crippen molar-refractivity contribution < 1.29 is 33.5 Å². The maximum absolute atomic E-state index is 12.6. The van der Waals surface area contributed by atoms with Gasteiger partial charge in [0.2, 0.25) is 0 Å². The van der Waals surface area contributed by atoms with E-state index in [9.17, 15) is 19.7 Å². The summed E-state index contributed by atoms with van der Waals surface area (Å²) in [6.07, 6.45) is 5.45. The molecular formula is C27H23NO8. The third kappa shape index (κ3) is 6.57. The summed E-state index contributed by atoms with van der Waals surface area (Å²) in [5.74, 6) is 0.498. The average molecular weight is 489 g/mol. The molecule has 184 valence electrons. The van der Waals surface area contributed by atoms with Gasteiger partial charge in [-0.3, -0.25) is 14.9 Å². The van der Waals surface area contributed by atoms with Crippen LogP contribution >= 0.6 is 0 Å². The lowest BCUT2D eigenvalue weighted by Gasteiger charge is -2.08. The largest absolute Gasteiger partial charge is 0.497 e. The number of nitro groups is 1. The Morgan fingerprint density at radius 1 is 0.778 bits per heavy atom. The molecule has 3 aromatic carbocycles. The molecule has 0 heterocycles. The second-order valence-electron chi connectivity index (χ2n) is 7.27. The van der Waals surface area contributed by atoms with Gasteiger partial charge in [-0.15, -0.1) is 0 Å². The number of nitro benzene ring substituents is 1. The quantitative estimate of drug-likeness (QED) is 0.0961. The number of ketones is 1. The minimum absolute atomic E-state index is 0.181. The first kappa shape index (κ1) is 25.7. The fourth-order valence-corrected chi connectivity index (χ4v) is 3.15. The molecule has 0 aliphatic heterocycles. The van der Waals surface area contributed by atoms with Crippen molar-refractivity contribution in [2.24, 2.45) is 0 Å². The highest BCUT2D eigenvalue weighted by Gasteiger charge is 2.18. The van der Waals surface area contributed by atoms with Crippen LogP contribution in [-0.4, -0.2) is 38.0 Å². The summed E-state index contributed by atoms with van der Waals surface area (Å²) in [7, 11) is 4.35. The monoisotopic (exact) mass is 489 g/mol. The van der Waals surface area contributed by atoms with Crippen molar-refractivity contribution in [1.82, 2.24) is 0 Å². The standard InChI is InChI=1S/C27H23NO8/c1-33-21-10-4-18(5-11-21)6-15-27(30)36-22-12-7-19(8-13-22)24(29)14-9-20-16-25(34-2)26(35-3)17-23(20)28(31)32/h4-17H,1-3H3/b14-9+,15-6+. The molecule has 0 amide bonds. The molecule has 0 N–H and O–H groups in total. The van der Waals surface area contributed by atoms with E-state index in [1.165, 1.54) is 68.8 Å². The molecule has 0 saturated heterocycles. The third-order valence-corrected chi connectivity index (χ3v) is 5.03. The minimum atomic E-state index is -0.578. The number of carbonyl (C=O) groups excluding carboxylic acids is 2. The molecule has 3 rings (SSSR count). The number of methoxy groups -OCH3 is 3. The van der Waals surface area contributed by atoms with Gasteiger partial charge in [-0.25, -0.2) is 4.79 Å². The predicted octanol–water partition coefficient (Wildman–Crippen LogP) is 5.14. The molecule has 9 heteroatoms. The van der Waals surface area contributed by atoms with E-state index in [0.29, 0.717) is 17.1 Å². The first-order valence-electron chi connectivity index (χ1n) is 10.6. The van der Waals surface area contributed by atoms with E-state index in [4.69, 9.17) is 18.9 Å². The number of hydrogen-bond donors (Lipinski definition) is 0. The van der Waals surface area contributed by atoms with Gasteiger partial charge in [0.1, 0.15) is 11.5 Å². The summed E-state index contributed by atoms with van der Waals surface area (Å²) in [5.41, 5.74) is 1.06. The van der Waals surface area contributed by atoms with Crippen LogP contribution in [0.4, 0.5) is 5.69 Å². The van der Waals surface area contributed by atoms with Crippen molar-refractivity contribution >= 4 is 29.6 Å². The molecule has 0 fully saturated rings. The van der Waals surface area contributed by atoms with Crippen LogP contribution in [0.5, 0.6) is 23.0 Å². The van der Waals surface area contributed by atoms with Gasteiger partial charge in [-0.05, 0) is 66.3 Å². The Bertz CT molecular complexity index is 1310. The summed E-state index contributed by atoms with van der Waals surface area (Å²) in [5, 5.41) is 11.4. The summed E-state index contributed by atoms with van der Waals surface area (Å²) in [4.78, 5) is 35.5. The second kappa shape index (κ2) is 12.0. The molecule has 0 saturated carbocycles. The van der Waals surface area contributed by atoms with Crippen LogP contribution in [0.3, 0.4) is 0 Å². The van der Waals surface area contributed by atoms with Crippen molar-refractivity contribution in [3.63, 3.8) is 0 Å². The number of rotatable bonds is 10. The zero-order valence-corrected chi connectivity index (χ0v) is 19.8. The van der Waals surface area contributed by atoms with E-state index in [1.54, 1.807) is 37.5 Å². The Balaban J connectivity index is 1.67. The van der Waals surface area contributed by atoms with Gasteiger partial charge in [0.05, 0.1) is 37.9 Å². The lowest BCUT2D eigenvalue weighted by atomic mass is 10.1. The Hall–Kier alpha value is -4.92. The molecule has 0 atom stereocenters. The Kier molecular flexibility index (Phi) is 8.55. The van der Waals surface area contributed by atoms with E-state index in [1.807, 2.05) is 0 Å². The van der Waals surface area contributed by atoms with Gasteiger partial charge in [-0.1, -0.05) is 12.1 Å². The van der Waals surface area contributed by atoms with E-state index >= 15 is 0 Å². The Morgan fingerprint density at radius 3 is 1.97 bits per heavy atom. The Morgan fingerprint density at radius 2 is 1.39 bits per heavy atom. The molecule has 0 aliphatic rings. The van der Waals surface area contributed by atoms with Crippen LogP contribution in [0.25, 0.3) is 12.2 Å². The zero-order chi connectivity index (χ0) is 26.1. The van der Waals surface area contributed by atoms with Crippen molar-refractivity contribution in [3.8, 4) is 23.0 Å². The molecule has 3 aromatic rings. The second-order valence-corrected chi connectivity index (χ2v) is 7.27. The van der Waals surface area contributed by atoms with Gasteiger partial charge < -0.3 is 18.9 Å². The maximum Gasteiger partial charge on any atom is 0.336 e. The van der Waals surface area contributed by atoms with E-state index in [-0.39, 0.29) is 22.7 Å². The van der Waals surface area contributed by atoms with Crippen molar-refractivity contribution in [2.45, 2.75) is 0 Å². The van der Waals surface area contributed by atoms with Crippen LogP contribution < -0.4 is 18.9 Å². The number of carbonyl (C=O) groups is 2. The fraction of sp³-hybridized carbons (Fsp3) is 0.111. The van der Waals surface area contributed by atoms with Crippen LogP contribution in [0.2, 0.25) is 0 Å². The number of hydrogen-bond acceptors (Lipinski definition) is 8. The first-order valence-corrected chi connectivity index (χ1v) is 10.6. The molecule has 0 bridgehead atoms. The normalized spacial score (nSPS) is 10.9. The predicted molar refractivity (Wildman–Crippen MR) is 134 cm³/mol. The average Bonchev–Trinajstić information content (AvgIpc) is 2.90. The van der Waals surface area contributed by atoms with Gasteiger partial charge >= 0.3 is 5.97 Å². The van der Waals surface area contributed by atoms with Gasteiger partial charge in [0.15, 0.2) is 17.3 Å². The van der Waals surface area contributed by atoms with Crippen molar-refractivity contribution in [2.75, 3.05) is 21.3 Å². The third-order valence-electron chi connectivity index (χ3n) is 5.03. The summed E-state index contributed by atoms with van der Waals surface area (Å²) >= 11 is 0. The van der Waals surface area contributed by atoms with Crippen LogP contribution in [0.15, 0.2) is 72.8 Å². The molecule has 0 unspecified atom stereocenters. The lowest BCUT2D eigenvalue weighted by molar-refractivity contribution is -0.385. The highest BCUT2D eigenvalue weighted by molar-refractivity contribution is 6.07.